The highest BCUT2D eigenvalue weighted by Crippen LogP contribution is 2.19. The first-order chi connectivity index (χ1) is 10.00. The largest absolute Gasteiger partial charge is 0.462 e. The number of anilines is 1. The number of carbonyl (C=O) groups excluding carboxylic acids is 1. The molecule has 1 aromatic carbocycles. The van der Waals surface area contributed by atoms with E-state index in [2.05, 4.69) is 9.44 Å². The lowest BCUT2D eigenvalue weighted by atomic mass is 10.2. The van der Waals surface area contributed by atoms with Gasteiger partial charge in [-0.3, -0.25) is 4.72 Å². The molecule has 0 spiro atoms. The van der Waals surface area contributed by atoms with Crippen LogP contribution in [0.3, 0.4) is 0 Å². The number of nitrogens with one attached hydrogen (secondary N) is 2. The molecular formula is C14H20N2O4S. The second-order valence-electron chi connectivity index (χ2n) is 5.00. The van der Waals surface area contributed by atoms with E-state index < -0.39 is 16.2 Å². The van der Waals surface area contributed by atoms with E-state index in [-0.39, 0.29) is 6.04 Å². The second kappa shape index (κ2) is 6.91. The molecule has 2 rings (SSSR count). The molecule has 1 aliphatic rings. The van der Waals surface area contributed by atoms with Crippen LogP contribution in [0.25, 0.3) is 0 Å². The lowest BCUT2D eigenvalue weighted by Crippen LogP contribution is -2.37. The average Bonchev–Trinajstić information content (AvgIpc) is 2.91. The van der Waals surface area contributed by atoms with Crippen molar-refractivity contribution in [1.82, 2.24) is 4.72 Å². The van der Waals surface area contributed by atoms with E-state index in [1.54, 1.807) is 19.1 Å². The first-order valence-electron chi connectivity index (χ1n) is 7.07. The van der Waals surface area contributed by atoms with Gasteiger partial charge in [-0.05, 0) is 44.0 Å². The Morgan fingerprint density at radius 1 is 1.24 bits per heavy atom. The van der Waals surface area contributed by atoms with Crippen molar-refractivity contribution in [2.75, 3.05) is 11.3 Å². The maximum atomic E-state index is 12.0. The summed E-state index contributed by atoms with van der Waals surface area (Å²) in [6.45, 7) is 2.04. The number of rotatable bonds is 6. The molecular weight excluding hydrogens is 292 g/mol. The third-order valence-corrected chi connectivity index (χ3v) is 4.47. The van der Waals surface area contributed by atoms with Crippen LogP contribution in [-0.2, 0) is 14.9 Å². The molecule has 6 nitrogen and oxygen atoms in total. The van der Waals surface area contributed by atoms with Gasteiger partial charge in [0.05, 0.1) is 12.2 Å². The molecule has 1 aromatic rings. The highest BCUT2D eigenvalue weighted by atomic mass is 32.2. The Morgan fingerprint density at radius 3 is 2.43 bits per heavy atom. The van der Waals surface area contributed by atoms with Crippen molar-refractivity contribution in [3.63, 3.8) is 0 Å². The minimum Gasteiger partial charge on any atom is -0.462 e. The number of benzene rings is 1. The molecule has 0 radical (unpaired) electrons. The van der Waals surface area contributed by atoms with Gasteiger partial charge in [-0.2, -0.15) is 13.1 Å². The molecule has 0 saturated heterocycles. The van der Waals surface area contributed by atoms with Crippen LogP contribution in [0, 0.1) is 0 Å². The quantitative estimate of drug-likeness (QED) is 0.787. The van der Waals surface area contributed by atoms with Gasteiger partial charge in [0.25, 0.3) is 10.2 Å². The van der Waals surface area contributed by atoms with E-state index in [0.717, 1.165) is 25.7 Å². The highest BCUT2D eigenvalue weighted by Gasteiger charge is 2.21. The molecule has 7 heteroatoms. The van der Waals surface area contributed by atoms with Crippen LogP contribution < -0.4 is 9.44 Å². The molecule has 0 aromatic heterocycles. The Labute approximate surface area is 125 Å². The predicted octanol–water partition coefficient (Wildman–Crippen LogP) is 2.05. The van der Waals surface area contributed by atoms with E-state index in [1.165, 1.54) is 12.1 Å². The maximum Gasteiger partial charge on any atom is 0.338 e. The number of ether oxygens (including phenoxy) is 1. The van der Waals surface area contributed by atoms with Crippen molar-refractivity contribution < 1.29 is 17.9 Å². The zero-order valence-corrected chi connectivity index (χ0v) is 12.8. The summed E-state index contributed by atoms with van der Waals surface area (Å²) in [6.07, 6.45) is 3.87. The molecule has 1 fully saturated rings. The smallest absolute Gasteiger partial charge is 0.338 e. The van der Waals surface area contributed by atoms with E-state index in [9.17, 15) is 13.2 Å². The van der Waals surface area contributed by atoms with Crippen LogP contribution in [0.4, 0.5) is 5.69 Å². The molecule has 0 amide bonds. The lowest BCUT2D eigenvalue weighted by Gasteiger charge is -2.14. The molecule has 2 N–H and O–H groups in total. The molecule has 21 heavy (non-hydrogen) atoms. The van der Waals surface area contributed by atoms with E-state index in [0.29, 0.717) is 17.9 Å². The molecule has 0 heterocycles. The zero-order chi connectivity index (χ0) is 15.3. The summed E-state index contributed by atoms with van der Waals surface area (Å²) < 4.78 is 33.9. The predicted molar refractivity (Wildman–Crippen MR) is 80.3 cm³/mol. The standard InChI is InChI=1S/C14H20N2O4S/c1-2-20-14(17)11-7-9-13(10-8-11)16-21(18,19)15-12-5-3-4-6-12/h7-10,12,15-16H,2-6H2,1H3. The lowest BCUT2D eigenvalue weighted by molar-refractivity contribution is 0.0526. The first-order valence-corrected chi connectivity index (χ1v) is 8.56. The fourth-order valence-electron chi connectivity index (χ4n) is 2.34. The summed E-state index contributed by atoms with van der Waals surface area (Å²) in [5.74, 6) is -0.420. The monoisotopic (exact) mass is 312 g/mol. The van der Waals surface area contributed by atoms with Crippen molar-refractivity contribution in [2.45, 2.75) is 38.6 Å². The summed E-state index contributed by atoms with van der Waals surface area (Å²) >= 11 is 0. The normalized spacial score (nSPS) is 15.9. The van der Waals surface area contributed by atoms with E-state index in [1.807, 2.05) is 0 Å². The average molecular weight is 312 g/mol. The van der Waals surface area contributed by atoms with Gasteiger partial charge in [0.1, 0.15) is 0 Å². The first kappa shape index (κ1) is 15.8. The zero-order valence-electron chi connectivity index (χ0n) is 12.0. The minimum absolute atomic E-state index is 0.0151. The third-order valence-electron chi connectivity index (χ3n) is 3.33. The second-order valence-corrected chi connectivity index (χ2v) is 6.45. The van der Waals surface area contributed by atoms with Crippen LogP contribution >= 0.6 is 0 Å². The summed E-state index contributed by atoms with van der Waals surface area (Å²) in [5.41, 5.74) is 0.803. The number of hydrogen-bond donors (Lipinski definition) is 2. The molecule has 0 aliphatic heterocycles. The van der Waals surface area contributed by atoms with Gasteiger partial charge in [-0.25, -0.2) is 4.79 Å². The van der Waals surface area contributed by atoms with Gasteiger partial charge in [0.2, 0.25) is 0 Å². The Bertz CT molecular complexity index is 577. The van der Waals surface area contributed by atoms with Crippen LogP contribution in [0.5, 0.6) is 0 Å². The Morgan fingerprint density at radius 2 is 1.86 bits per heavy atom. The number of carbonyl (C=O) groups is 1. The topological polar surface area (TPSA) is 84.5 Å². The molecule has 116 valence electrons. The molecule has 1 saturated carbocycles. The van der Waals surface area contributed by atoms with Crippen molar-refractivity contribution >= 4 is 21.9 Å². The summed E-state index contributed by atoms with van der Waals surface area (Å²) in [5, 5.41) is 0. The molecule has 1 aliphatic carbocycles. The van der Waals surface area contributed by atoms with Gasteiger partial charge in [0.15, 0.2) is 0 Å². The van der Waals surface area contributed by atoms with Gasteiger partial charge >= 0.3 is 5.97 Å². The van der Waals surface area contributed by atoms with Crippen LogP contribution in [0.2, 0.25) is 0 Å². The van der Waals surface area contributed by atoms with Crippen LogP contribution in [-0.4, -0.2) is 27.0 Å². The van der Waals surface area contributed by atoms with Gasteiger partial charge in [-0.1, -0.05) is 12.8 Å². The Kier molecular flexibility index (Phi) is 5.19. The number of esters is 1. The maximum absolute atomic E-state index is 12.0. The van der Waals surface area contributed by atoms with Crippen LogP contribution in [0.15, 0.2) is 24.3 Å². The molecule has 0 unspecified atom stereocenters. The summed E-state index contributed by atoms with van der Waals surface area (Å²) in [4.78, 5) is 11.5. The fourth-order valence-corrected chi connectivity index (χ4v) is 3.52. The highest BCUT2D eigenvalue weighted by molar-refractivity contribution is 7.90. The van der Waals surface area contributed by atoms with Gasteiger partial charge < -0.3 is 4.74 Å². The van der Waals surface area contributed by atoms with Crippen molar-refractivity contribution in [2.24, 2.45) is 0 Å². The van der Waals surface area contributed by atoms with Gasteiger partial charge in [-0.15, -0.1) is 0 Å². The third kappa shape index (κ3) is 4.71. The van der Waals surface area contributed by atoms with Crippen molar-refractivity contribution in [3.8, 4) is 0 Å². The molecule has 0 atom stereocenters. The van der Waals surface area contributed by atoms with Gasteiger partial charge in [0, 0.05) is 11.7 Å². The Balaban J connectivity index is 1.97. The Hall–Kier alpha value is -1.60. The van der Waals surface area contributed by atoms with Crippen molar-refractivity contribution in [3.05, 3.63) is 29.8 Å². The minimum atomic E-state index is -3.58. The SMILES string of the molecule is CCOC(=O)c1ccc(NS(=O)(=O)NC2CCCC2)cc1. The fraction of sp³-hybridized carbons (Fsp3) is 0.500. The number of hydrogen-bond acceptors (Lipinski definition) is 4. The summed E-state index contributed by atoms with van der Waals surface area (Å²) in [6, 6.07) is 6.16. The summed E-state index contributed by atoms with van der Waals surface area (Å²) in [7, 11) is -3.58. The van der Waals surface area contributed by atoms with Crippen molar-refractivity contribution in [1.29, 1.82) is 0 Å². The van der Waals surface area contributed by atoms with Crippen LogP contribution in [0.1, 0.15) is 43.0 Å². The van der Waals surface area contributed by atoms with E-state index >= 15 is 0 Å². The molecule has 0 bridgehead atoms. The van der Waals surface area contributed by atoms with E-state index in [4.69, 9.17) is 4.74 Å².